The molecule has 1 heterocycles. The number of likely N-dealkylation sites (N-methyl/N-ethyl adjacent to an activating group) is 1. The van der Waals surface area contributed by atoms with Crippen molar-refractivity contribution in [2.24, 2.45) is 0 Å². The SMILES string of the molecule is CC(C)c1cccc(OC2NC(N(C)C=O)=C(C(=O)N(C)CCCO)N2Cc2ccccc2)c1. The number of benzene rings is 2. The summed E-state index contributed by atoms with van der Waals surface area (Å²) < 4.78 is 6.34. The molecule has 34 heavy (non-hydrogen) atoms. The lowest BCUT2D eigenvalue weighted by atomic mass is 10.0. The van der Waals surface area contributed by atoms with Gasteiger partial charge in [-0.3, -0.25) is 9.59 Å². The molecule has 2 aromatic rings. The van der Waals surface area contributed by atoms with E-state index in [1.54, 1.807) is 19.0 Å². The Morgan fingerprint density at radius 2 is 1.91 bits per heavy atom. The number of rotatable bonds is 11. The van der Waals surface area contributed by atoms with Gasteiger partial charge in [-0.1, -0.05) is 56.3 Å². The summed E-state index contributed by atoms with van der Waals surface area (Å²) in [7, 11) is 3.28. The summed E-state index contributed by atoms with van der Waals surface area (Å²) in [5.74, 6) is 1.12. The Kier molecular flexibility index (Phi) is 8.54. The third-order valence-corrected chi connectivity index (χ3v) is 5.73. The van der Waals surface area contributed by atoms with Crippen LogP contribution >= 0.6 is 0 Å². The van der Waals surface area contributed by atoms with Crippen molar-refractivity contribution in [3.05, 3.63) is 77.2 Å². The number of aliphatic hydroxyl groups is 1. The molecule has 182 valence electrons. The van der Waals surface area contributed by atoms with Gasteiger partial charge in [0.05, 0.1) is 0 Å². The molecule has 0 aromatic heterocycles. The van der Waals surface area contributed by atoms with Gasteiger partial charge < -0.3 is 29.9 Å². The Balaban J connectivity index is 1.99. The number of amides is 2. The molecule has 1 unspecified atom stereocenters. The molecule has 1 aliphatic heterocycles. The first-order valence-corrected chi connectivity index (χ1v) is 11.5. The van der Waals surface area contributed by atoms with E-state index < -0.39 is 6.35 Å². The zero-order valence-electron chi connectivity index (χ0n) is 20.3. The second kappa shape index (κ2) is 11.6. The molecular formula is C26H34N4O4. The van der Waals surface area contributed by atoms with Crippen LogP contribution in [0.15, 0.2) is 66.1 Å². The monoisotopic (exact) mass is 466 g/mol. The first-order chi connectivity index (χ1) is 16.3. The van der Waals surface area contributed by atoms with Crippen LogP contribution in [0.25, 0.3) is 0 Å². The second-order valence-electron chi connectivity index (χ2n) is 8.67. The molecule has 0 saturated heterocycles. The van der Waals surface area contributed by atoms with E-state index in [0.29, 0.717) is 49.1 Å². The van der Waals surface area contributed by atoms with Crippen molar-refractivity contribution >= 4 is 12.3 Å². The Morgan fingerprint density at radius 3 is 2.56 bits per heavy atom. The molecule has 1 atom stereocenters. The van der Waals surface area contributed by atoms with Crippen molar-refractivity contribution < 1.29 is 19.4 Å². The molecule has 0 radical (unpaired) electrons. The lowest BCUT2D eigenvalue weighted by Gasteiger charge is -2.30. The predicted octanol–water partition coefficient (Wildman–Crippen LogP) is 2.68. The fourth-order valence-corrected chi connectivity index (χ4v) is 3.76. The topological polar surface area (TPSA) is 85.3 Å². The van der Waals surface area contributed by atoms with E-state index in [1.165, 1.54) is 4.90 Å². The van der Waals surface area contributed by atoms with Crippen molar-refractivity contribution in [2.45, 2.75) is 39.1 Å². The largest absolute Gasteiger partial charge is 0.452 e. The van der Waals surface area contributed by atoms with E-state index in [2.05, 4.69) is 25.2 Å². The molecule has 2 aromatic carbocycles. The minimum atomic E-state index is -0.704. The van der Waals surface area contributed by atoms with Gasteiger partial charge in [0.15, 0.2) is 0 Å². The maximum Gasteiger partial charge on any atom is 0.273 e. The number of hydrogen-bond donors (Lipinski definition) is 2. The van der Waals surface area contributed by atoms with Crippen LogP contribution < -0.4 is 10.1 Å². The van der Waals surface area contributed by atoms with Gasteiger partial charge in [0.1, 0.15) is 17.3 Å². The van der Waals surface area contributed by atoms with Crippen LogP contribution in [-0.4, -0.2) is 65.7 Å². The summed E-state index contributed by atoms with van der Waals surface area (Å²) in [6.45, 7) is 5.01. The average molecular weight is 467 g/mol. The van der Waals surface area contributed by atoms with Crippen molar-refractivity contribution in [1.29, 1.82) is 0 Å². The third kappa shape index (κ3) is 5.88. The minimum Gasteiger partial charge on any atom is -0.452 e. The number of carbonyl (C=O) groups is 2. The molecule has 2 N–H and O–H groups in total. The van der Waals surface area contributed by atoms with Crippen molar-refractivity contribution in [1.82, 2.24) is 20.0 Å². The first kappa shape index (κ1) is 25.1. The number of nitrogens with one attached hydrogen (secondary N) is 1. The van der Waals surface area contributed by atoms with Crippen LogP contribution in [0.5, 0.6) is 5.75 Å². The molecule has 8 heteroatoms. The summed E-state index contributed by atoms with van der Waals surface area (Å²) in [6.07, 6.45) is 0.416. The summed E-state index contributed by atoms with van der Waals surface area (Å²) in [5.41, 5.74) is 2.47. The zero-order chi connectivity index (χ0) is 24.7. The van der Waals surface area contributed by atoms with Gasteiger partial charge >= 0.3 is 0 Å². The lowest BCUT2D eigenvalue weighted by Crippen LogP contribution is -2.44. The minimum absolute atomic E-state index is 0.0122. The second-order valence-corrected chi connectivity index (χ2v) is 8.67. The average Bonchev–Trinajstić information content (AvgIpc) is 3.19. The van der Waals surface area contributed by atoms with Crippen LogP contribution in [0.4, 0.5) is 0 Å². The maximum absolute atomic E-state index is 13.5. The van der Waals surface area contributed by atoms with Crippen LogP contribution in [0.1, 0.15) is 37.3 Å². The van der Waals surface area contributed by atoms with Gasteiger partial charge in [-0.2, -0.15) is 0 Å². The summed E-state index contributed by atoms with van der Waals surface area (Å²) in [5, 5.41) is 12.4. The number of nitrogens with zero attached hydrogens (tertiary/aromatic N) is 3. The van der Waals surface area contributed by atoms with E-state index in [4.69, 9.17) is 4.74 Å². The quantitative estimate of drug-likeness (QED) is 0.496. The van der Waals surface area contributed by atoms with Crippen molar-refractivity contribution in [3.63, 3.8) is 0 Å². The summed E-state index contributed by atoms with van der Waals surface area (Å²) >= 11 is 0. The fourth-order valence-electron chi connectivity index (χ4n) is 3.76. The number of hydrogen-bond acceptors (Lipinski definition) is 6. The van der Waals surface area contributed by atoms with E-state index in [0.717, 1.165) is 11.1 Å². The highest BCUT2D eigenvalue weighted by molar-refractivity contribution is 5.94. The Hall–Kier alpha value is -3.52. The Labute approximate surface area is 201 Å². The molecule has 1 aliphatic rings. The smallest absolute Gasteiger partial charge is 0.273 e. The van der Waals surface area contributed by atoms with Gasteiger partial charge in [0.2, 0.25) is 6.41 Å². The highest BCUT2D eigenvalue weighted by Gasteiger charge is 2.39. The van der Waals surface area contributed by atoms with Gasteiger partial charge in [-0.15, -0.1) is 0 Å². The molecule has 0 fully saturated rings. The van der Waals surface area contributed by atoms with E-state index in [-0.39, 0.29) is 12.5 Å². The fraction of sp³-hybridized carbons (Fsp3) is 0.385. The van der Waals surface area contributed by atoms with Gasteiger partial charge in [0.25, 0.3) is 12.3 Å². The highest BCUT2D eigenvalue weighted by Crippen LogP contribution is 2.29. The predicted molar refractivity (Wildman–Crippen MR) is 130 cm³/mol. The van der Waals surface area contributed by atoms with Crippen molar-refractivity contribution in [2.75, 3.05) is 27.2 Å². The van der Waals surface area contributed by atoms with Crippen LogP contribution in [-0.2, 0) is 16.1 Å². The molecule has 0 bridgehead atoms. The van der Waals surface area contributed by atoms with E-state index in [1.807, 2.05) is 53.4 Å². The Morgan fingerprint density at radius 1 is 1.18 bits per heavy atom. The van der Waals surface area contributed by atoms with Crippen LogP contribution in [0, 0.1) is 0 Å². The highest BCUT2D eigenvalue weighted by atomic mass is 16.5. The molecule has 0 aliphatic carbocycles. The zero-order valence-corrected chi connectivity index (χ0v) is 20.3. The number of ether oxygens (including phenoxy) is 1. The maximum atomic E-state index is 13.5. The molecular weight excluding hydrogens is 432 g/mol. The normalized spacial score (nSPS) is 15.4. The van der Waals surface area contributed by atoms with E-state index >= 15 is 0 Å². The van der Waals surface area contributed by atoms with Crippen LogP contribution in [0.2, 0.25) is 0 Å². The Bertz CT molecular complexity index is 1010. The third-order valence-electron chi connectivity index (χ3n) is 5.73. The summed E-state index contributed by atoms with van der Waals surface area (Å²) in [4.78, 5) is 29.9. The van der Waals surface area contributed by atoms with Crippen molar-refractivity contribution in [3.8, 4) is 5.75 Å². The van der Waals surface area contributed by atoms with Crippen LogP contribution in [0.3, 0.4) is 0 Å². The number of aliphatic hydroxyl groups excluding tert-OH is 1. The van der Waals surface area contributed by atoms with Gasteiger partial charge in [-0.05, 0) is 35.6 Å². The molecule has 0 saturated carbocycles. The summed E-state index contributed by atoms with van der Waals surface area (Å²) in [6, 6.07) is 17.7. The van der Waals surface area contributed by atoms with Gasteiger partial charge in [0, 0.05) is 33.8 Å². The molecule has 3 rings (SSSR count). The number of carbonyl (C=O) groups excluding carboxylic acids is 2. The molecule has 0 spiro atoms. The lowest BCUT2D eigenvalue weighted by molar-refractivity contribution is -0.128. The first-order valence-electron chi connectivity index (χ1n) is 11.5. The standard InChI is InChI=1S/C26H34N4O4/c1-19(2)21-12-8-13-22(16-21)34-26-27-24(29(4)18-32)23(25(33)28(3)14-9-15-31)30(26)17-20-10-6-5-7-11-20/h5-8,10-13,16,18-19,26-27,31H,9,14-15,17H2,1-4H3. The molecule has 8 nitrogen and oxygen atoms in total. The van der Waals surface area contributed by atoms with Gasteiger partial charge in [-0.25, -0.2) is 0 Å². The molecule has 2 amide bonds. The van der Waals surface area contributed by atoms with E-state index in [9.17, 15) is 14.7 Å².